The number of thioether (sulfide) groups is 1. The van der Waals surface area contributed by atoms with E-state index in [0.717, 1.165) is 21.7 Å². The molecular formula is C20H21ClN4O3S2. The number of hydrogen-bond acceptors (Lipinski definition) is 7. The van der Waals surface area contributed by atoms with E-state index in [-0.39, 0.29) is 18.3 Å². The van der Waals surface area contributed by atoms with Crippen molar-refractivity contribution >= 4 is 51.6 Å². The molecule has 1 amide bonds. The number of aryl methyl sites for hydroxylation is 2. The maximum Gasteiger partial charge on any atom is 0.341 e. The molecule has 3 rings (SSSR count). The van der Waals surface area contributed by atoms with Crippen LogP contribution < -0.4 is 5.32 Å². The van der Waals surface area contributed by atoms with Crippen LogP contribution in [0.5, 0.6) is 0 Å². The highest BCUT2D eigenvalue weighted by molar-refractivity contribution is 7.99. The Bertz CT molecular complexity index is 1090. The molecule has 7 nitrogen and oxygen atoms in total. The van der Waals surface area contributed by atoms with Gasteiger partial charge in [-0.2, -0.15) is 0 Å². The number of hydrogen-bond donors (Lipinski definition) is 1. The normalized spacial score (nSPS) is 10.8. The van der Waals surface area contributed by atoms with Gasteiger partial charge in [-0.3, -0.25) is 9.36 Å². The molecule has 2 aromatic heterocycles. The fraction of sp³-hybridized carbons (Fsp3) is 0.300. The first-order valence-corrected chi connectivity index (χ1v) is 11.4. The Morgan fingerprint density at radius 3 is 2.77 bits per heavy atom. The molecule has 0 aliphatic heterocycles. The predicted molar refractivity (Wildman–Crippen MR) is 120 cm³/mol. The molecular weight excluding hydrogens is 444 g/mol. The van der Waals surface area contributed by atoms with Crippen LogP contribution in [0, 0.1) is 20.8 Å². The second-order valence-electron chi connectivity index (χ2n) is 6.46. The van der Waals surface area contributed by atoms with Crippen molar-refractivity contribution in [1.29, 1.82) is 0 Å². The lowest BCUT2D eigenvalue weighted by Gasteiger charge is -2.09. The maximum absolute atomic E-state index is 12.6. The fourth-order valence-electron chi connectivity index (χ4n) is 2.69. The van der Waals surface area contributed by atoms with E-state index >= 15 is 0 Å². The second kappa shape index (κ2) is 9.63. The van der Waals surface area contributed by atoms with Crippen LogP contribution >= 0.6 is 34.7 Å². The third kappa shape index (κ3) is 4.85. The van der Waals surface area contributed by atoms with Gasteiger partial charge in [0.1, 0.15) is 11.3 Å². The summed E-state index contributed by atoms with van der Waals surface area (Å²) >= 11 is 8.82. The summed E-state index contributed by atoms with van der Waals surface area (Å²) in [6, 6.07) is 5.65. The van der Waals surface area contributed by atoms with Crippen molar-refractivity contribution in [3.8, 4) is 5.69 Å². The minimum absolute atomic E-state index is 0.108. The number of nitrogens with one attached hydrogen (secondary N) is 1. The van der Waals surface area contributed by atoms with Crippen LogP contribution in [-0.2, 0) is 9.53 Å². The molecule has 2 heterocycles. The summed E-state index contributed by atoms with van der Waals surface area (Å²) in [5.74, 6) is -0.571. The van der Waals surface area contributed by atoms with Crippen LogP contribution in [-0.4, -0.2) is 39.0 Å². The number of nitrogens with zero attached hydrogens (tertiary/aromatic N) is 3. The highest BCUT2D eigenvalue weighted by Gasteiger charge is 2.22. The number of amides is 1. The van der Waals surface area contributed by atoms with Crippen LogP contribution in [0.15, 0.2) is 29.7 Å². The Morgan fingerprint density at radius 1 is 1.30 bits per heavy atom. The van der Waals surface area contributed by atoms with Gasteiger partial charge >= 0.3 is 5.97 Å². The largest absolute Gasteiger partial charge is 0.462 e. The smallest absolute Gasteiger partial charge is 0.341 e. The molecule has 0 atom stereocenters. The maximum atomic E-state index is 12.6. The average molecular weight is 465 g/mol. The summed E-state index contributed by atoms with van der Waals surface area (Å²) < 4.78 is 6.90. The fourth-order valence-corrected chi connectivity index (χ4v) is 4.66. The highest BCUT2D eigenvalue weighted by atomic mass is 35.5. The Balaban J connectivity index is 1.71. The van der Waals surface area contributed by atoms with E-state index in [0.29, 0.717) is 20.7 Å². The average Bonchev–Trinajstić information content (AvgIpc) is 3.27. The lowest BCUT2D eigenvalue weighted by atomic mass is 10.1. The number of rotatable bonds is 7. The molecule has 158 valence electrons. The molecule has 0 saturated heterocycles. The molecule has 0 unspecified atom stereocenters. The van der Waals surface area contributed by atoms with E-state index in [1.54, 1.807) is 17.8 Å². The summed E-state index contributed by atoms with van der Waals surface area (Å²) in [5.41, 5.74) is 3.01. The minimum atomic E-state index is -0.432. The van der Waals surface area contributed by atoms with E-state index in [4.69, 9.17) is 16.3 Å². The molecule has 1 aromatic carbocycles. The van der Waals surface area contributed by atoms with Gasteiger partial charge in [-0.25, -0.2) is 4.79 Å². The van der Waals surface area contributed by atoms with Crippen molar-refractivity contribution in [2.45, 2.75) is 32.9 Å². The van der Waals surface area contributed by atoms with Crippen LogP contribution in [0.3, 0.4) is 0 Å². The van der Waals surface area contributed by atoms with Gasteiger partial charge in [0.25, 0.3) is 0 Å². The van der Waals surface area contributed by atoms with Gasteiger partial charge in [0, 0.05) is 9.90 Å². The number of anilines is 1. The van der Waals surface area contributed by atoms with Crippen molar-refractivity contribution in [2.24, 2.45) is 0 Å². The molecule has 3 aromatic rings. The topological polar surface area (TPSA) is 86.1 Å². The summed E-state index contributed by atoms with van der Waals surface area (Å²) in [5, 5.41) is 12.6. The van der Waals surface area contributed by atoms with E-state index in [1.807, 2.05) is 39.0 Å². The van der Waals surface area contributed by atoms with Gasteiger partial charge in [0.15, 0.2) is 5.16 Å². The first kappa shape index (κ1) is 22.3. The highest BCUT2D eigenvalue weighted by Crippen LogP contribution is 2.33. The van der Waals surface area contributed by atoms with E-state index in [2.05, 4.69) is 15.5 Å². The second-order valence-corrected chi connectivity index (χ2v) is 9.04. The Morgan fingerprint density at radius 2 is 2.07 bits per heavy atom. The van der Waals surface area contributed by atoms with Crippen molar-refractivity contribution in [3.63, 3.8) is 0 Å². The molecule has 0 radical (unpaired) electrons. The molecule has 1 N–H and O–H groups in total. The minimum Gasteiger partial charge on any atom is -0.462 e. The Labute approximate surface area is 187 Å². The number of thiophene rings is 1. The molecule has 0 fully saturated rings. The number of carbonyl (C=O) groups excluding carboxylic acids is 2. The van der Waals surface area contributed by atoms with E-state index < -0.39 is 5.97 Å². The van der Waals surface area contributed by atoms with Crippen molar-refractivity contribution in [2.75, 3.05) is 17.7 Å². The SMILES string of the molecule is CCOC(=O)c1c(NC(=O)CSc2nncn2-c2ccc(C)c(Cl)c2)sc(C)c1C. The first-order chi connectivity index (χ1) is 14.3. The van der Waals surface area contributed by atoms with E-state index in [9.17, 15) is 9.59 Å². The lowest BCUT2D eigenvalue weighted by molar-refractivity contribution is -0.113. The molecule has 0 aliphatic rings. The van der Waals surface area contributed by atoms with Gasteiger partial charge in [-0.05, 0) is 51.0 Å². The zero-order valence-corrected chi connectivity index (χ0v) is 19.4. The zero-order valence-electron chi connectivity index (χ0n) is 17.0. The summed E-state index contributed by atoms with van der Waals surface area (Å²) in [6.07, 6.45) is 1.58. The lowest BCUT2D eigenvalue weighted by Crippen LogP contribution is -2.16. The summed E-state index contributed by atoms with van der Waals surface area (Å²) in [4.78, 5) is 25.8. The molecule has 30 heavy (non-hydrogen) atoms. The van der Waals surface area contributed by atoms with Crippen LogP contribution in [0.2, 0.25) is 5.02 Å². The van der Waals surface area contributed by atoms with Gasteiger partial charge in [0.2, 0.25) is 5.91 Å². The van der Waals surface area contributed by atoms with Crippen molar-refractivity contribution < 1.29 is 14.3 Å². The number of halogens is 1. The third-order valence-corrected chi connectivity index (χ3v) is 6.87. The molecule has 0 bridgehead atoms. The molecule has 0 aliphatic carbocycles. The van der Waals surface area contributed by atoms with Gasteiger partial charge in [-0.15, -0.1) is 21.5 Å². The Kier molecular flexibility index (Phi) is 7.17. The summed E-state index contributed by atoms with van der Waals surface area (Å²) in [7, 11) is 0. The zero-order chi connectivity index (χ0) is 21.8. The molecule has 0 saturated carbocycles. The molecule has 10 heteroatoms. The number of esters is 1. The van der Waals surface area contributed by atoms with E-state index in [1.165, 1.54) is 23.1 Å². The van der Waals surface area contributed by atoms with Crippen LogP contribution in [0.4, 0.5) is 5.00 Å². The first-order valence-electron chi connectivity index (χ1n) is 9.18. The molecule has 0 spiro atoms. The number of benzene rings is 1. The number of aromatic nitrogens is 3. The van der Waals surface area contributed by atoms with Crippen molar-refractivity contribution in [3.05, 3.63) is 51.1 Å². The monoisotopic (exact) mass is 464 g/mol. The van der Waals surface area contributed by atoms with Gasteiger partial charge in [-0.1, -0.05) is 29.4 Å². The number of ether oxygens (including phenoxy) is 1. The standard InChI is InChI=1S/C20H21ClN4O3S2/c1-5-28-19(27)17-12(3)13(4)30-18(17)23-16(26)9-29-20-24-22-10-25(20)14-7-6-11(2)15(21)8-14/h6-8,10H,5,9H2,1-4H3,(H,23,26). The van der Waals surface area contributed by atoms with Crippen LogP contribution in [0.1, 0.15) is 33.3 Å². The van der Waals surface area contributed by atoms with Gasteiger partial charge in [0.05, 0.1) is 23.6 Å². The van der Waals surface area contributed by atoms with Crippen LogP contribution in [0.25, 0.3) is 5.69 Å². The third-order valence-electron chi connectivity index (χ3n) is 4.40. The predicted octanol–water partition coefficient (Wildman–Crippen LogP) is 4.81. The summed E-state index contributed by atoms with van der Waals surface area (Å²) in [6.45, 7) is 7.70. The van der Waals surface area contributed by atoms with Crippen molar-refractivity contribution in [1.82, 2.24) is 14.8 Å². The number of carbonyl (C=O) groups is 2. The van der Waals surface area contributed by atoms with Gasteiger partial charge < -0.3 is 10.1 Å². The Hall–Kier alpha value is -2.36. The quantitative estimate of drug-likeness (QED) is 0.398.